The maximum Gasteiger partial charge on any atom is 0.362 e. The molecule has 0 fully saturated rings. The lowest BCUT2D eigenvalue weighted by atomic mass is 10.2. The summed E-state index contributed by atoms with van der Waals surface area (Å²) in [4.78, 5) is 23.3. The second-order valence-corrected chi connectivity index (χ2v) is 3.95. The molecule has 0 unspecified atom stereocenters. The van der Waals surface area contributed by atoms with Crippen LogP contribution in [0.25, 0.3) is 0 Å². The number of Topliss-reactive ketones (excluding diaryl/α,β-unsaturated/α-hetero) is 1. The quantitative estimate of drug-likeness (QED) is 0.222. The van der Waals surface area contributed by atoms with Crippen molar-refractivity contribution in [3.05, 3.63) is 21.3 Å². The zero-order chi connectivity index (χ0) is 12.1. The van der Waals surface area contributed by atoms with Gasteiger partial charge in [-0.25, -0.2) is 4.79 Å². The van der Waals surface area contributed by atoms with Gasteiger partial charge < -0.3 is 10.6 Å². The van der Waals surface area contributed by atoms with Crippen LogP contribution in [-0.4, -0.2) is 24.1 Å². The van der Waals surface area contributed by atoms with Gasteiger partial charge in [-0.1, -0.05) is 11.6 Å². The van der Waals surface area contributed by atoms with Crippen LogP contribution in [0.3, 0.4) is 0 Å². The summed E-state index contributed by atoms with van der Waals surface area (Å²) in [5.41, 5.74) is -0.453. The van der Waals surface area contributed by atoms with Crippen molar-refractivity contribution in [2.75, 3.05) is 6.61 Å². The largest absolute Gasteiger partial charge is 0.461 e. The summed E-state index contributed by atoms with van der Waals surface area (Å²) in [5.74, 6) is 3.52. The molecule has 0 spiro atoms. The Hall–Kier alpha value is -1.40. The Morgan fingerprint density at radius 1 is 1.62 bits per heavy atom. The third-order valence-corrected chi connectivity index (χ3v) is 2.98. The minimum absolute atomic E-state index is 0.142. The van der Waals surface area contributed by atoms with Crippen LogP contribution in [0.4, 0.5) is 0 Å². The summed E-state index contributed by atoms with van der Waals surface area (Å²) in [6.45, 7) is 1.76. The number of hydrogen-bond acceptors (Lipinski definition) is 6. The second-order valence-electron chi connectivity index (χ2n) is 2.62. The van der Waals surface area contributed by atoms with Crippen molar-refractivity contribution in [1.29, 1.82) is 0 Å². The first kappa shape index (κ1) is 12.7. The van der Waals surface area contributed by atoms with E-state index in [0.29, 0.717) is 0 Å². The van der Waals surface area contributed by atoms with Crippen molar-refractivity contribution < 1.29 is 14.3 Å². The van der Waals surface area contributed by atoms with Gasteiger partial charge >= 0.3 is 5.97 Å². The molecule has 0 amide bonds. The van der Waals surface area contributed by atoms with E-state index in [4.69, 9.17) is 17.4 Å². The molecule has 0 bridgehead atoms. The highest BCUT2D eigenvalue weighted by molar-refractivity contribution is 7.14. The average molecular weight is 261 g/mol. The van der Waals surface area contributed by atoms with E-state index in [-0.39, 0.29) is 16.5 Å². The molecule has 86 valence electrons. The van der Waals surface area contributed by atoms with Crippen LogP contribution in [0.2, 0.25) is 5.02 Å². The summed E-state index contributed by atoms with van der Waals surface area (Å²) in [6.07, 6.45) is 0. The normalized spacial score (nSPS) is 11.2. The van der Waals surface area contributed by atoms with Crippen LogP contribution in [0.1, 0.15) is 16.6 Å². The van der Waals surface area contributed by atoms with Gasteiger partial charge in [-0.05, 0) is 18.4 Å². The Balaban J connectivity index is 2.96. The number of carbonyl (C=O) groups is 2. The Morgan fingerprint density at radius 2 is 2.31 bits per heavy atom. The topological polar surface area (TPSA) is 81.8 Å². The maximum atomic E-state index is 11.8. The first-order valence-electron chi connectivity index (χ1n) is 4.34. The Kier molecular flexibility index (Phi) is 4.45. The lowest BCUT2D eigenvalue weighted by molar-refractivity contribution is -0.134. The van der Waals surface area contributed by atoms with E-state index in [2.05, 4.69) is 9.84 Å². The zero-order valence-corrected chi connectivity index (χ0v) is 9.97. The lowest BCUT2D eigenvalue weighted by Gasteiger charge is -2.02. The fourth-order valence-corrected chi connectivity index (χ4v) is 2.05. The van der Waals surface area contributed by atoms with E-state index in [1.165, 1.54) is 0 Å². The summed E-state index contributed by atoms with van der Waals surface area (Å²) >= 11 is 6.87. The van der Waals surface area contributed by atoms with Gasteiger partial charge in [0.15, 0.2) is 0 Å². The third kappa shape index (κ3) is 2.59. The van der Waals surface area contributed by atoms with Crippen molar-refractivity contribution in [3.63, 3.8) is 0 Å². The number of hydrazone groups is 1. The number of hydrogen-bond donors (Lipinski definition) is 1. The van der Waals surface area contributed by atoms with Gasteiger partial charge in [0.2, 0.25) is 11.5 Å². The standard InChI is InChI=1S/C9H9ClN2O3S/c1-2-15-9(14)6(12-11)7(13)8-5(10)3-4-16-8/h3-4H,2,11H2,1H3. The summed E-state index contributed by atoms with van der Waals surface area (Å²) < 4.78 is 4.64. The molecule has 0 radical (unpaired) electrons. The summed E-state index contributed by atoms with van der Waals surface area (Å²) in [6, 6.07) is 1.55. The minimum atomic E-state index is -0.848. The fraction of sp³-hybridized carbons (Fsp3) is 0.222. The average Bonchev–Trinajstić information content (AvgIpc) is 2.65. The molecule has 1 heterocycles. The van der Waals surface area contributed by atoms with Crippen LogP contribution < -0.4 is 5.84 Å². The van der Waals surface area contributed by atoms with Gasteiger partial charge in [-0.3, -0.25) is 4.79 Å². The molecule has 0 saturated heterocycles. The molecular weight excluding hydrogens is 252 g/mol. The van der Waals surface area contributed by atoms with Crippen molar-refractivity contribution in [1.82, 2.24) is 0 Å². The minimum Gasteiger partial charge on any atom is -0.461 e. The molecule has 1 aromatic heterocycles. The fourth-order valence-electron chi connectivity index (χ4n) is 0.967. The highest BCUT2D eigenvalue weighted by atomic mass is 35.5. The van der Waals surface area contributed by atoms with Gasteiger partial charge in [0.1, 0.15) is 0 Å². The molecule has 0 atom stereocenters. The smallest absolute Gasteiger partial charge is 0.362 e. The van der Waals surface area contributed by atoms with Gasteiger partial charge in [-0.15, -0.1) is 11.3 Å². The van der Waals surface area contributed by atoms with Gasteiger partial charge in [-0.2, -0.15) is 5.10 Å². The molecule has 5 nitrogen and oxygen atoms in total. The predicted molar refractivity (Wildman–Crippen MR) is 61.9 cm³/mol. The van der Waals surface area contributed by atoms with Crippen molar-refractivity contribution >= 4 is 40.4 Å². The van der Waals surface area contributed by atoms with E-state index in [0.717, 1.165) is 11.3 Å². The zero-order valence-electron chi connectivity index (χ0n) is 8.40. The lowest BCUT2D eigenvalue weighted by Crippen LogP contribution is -2.27. The SMILES string of the molecule is CCOC(=O)C(=NN)C(=O)c1sccc1Cl. The van der Waals surface area contributed by atoms with E-state index >= 15 is 0 Å². The molecule has 1 aromatic rings. The number of rotatable bonds is 4. The van der Waals surface area contributed by atoms with Crippen LogP contribution in [-0.2, 0) is 9.53 Å². The van der Waals surface area contributed by atoms with Crippen molar-refractivity contribution in [2.24, 2.45) is 10.9 Å². The first-order valence-corrected chi connectivity index (χ1v) is 5.60. The Labute approximate surface area is 101 Å². The maximum absolute atomic E-state index is 11.8. The van der Waals surface area contributed by atoms with Gasteiger partial charge in [0, 0.05) is 0 Å². The number of carbonyl (C=O) groups excluding carboxylic acids is 2. The molecular formula is C9H9ClN2O3S. The monoisotopic (exact) mass is 260 g/mol. The van der Waals surface area contributed by atoms with Crippen molar-refractivity contribution in [2.45, 2.75) is 6.92 Å². The molecule has 0 aliphatic carbocycles. The van der Waals surface area contributed by atoms with E-state index in [1.807, 2.05) is 0 Å². The molecule has 0 aromatic carbocycles. The first-order chi connectivity index (χ1) is 7.61. The third-order valence-electron chi connectivity index (χ3n) is 1.64. The van der Waals surface area contributed by atoms with E-state index in [1.54, 1.807) is 18.4 Å². The molecule has 0 saturated carbocycles. The Bertz CT molecular complexity index is 442. The second kappa shape index (κ2) is 5.62. The molecule has 0 aliphatic heterocycles. The van der Waals surface area contributed by atoms with Gasteiger partial charge in [0.05, 0.1) is 16.5 Å². The number of ketones is 1. The Morgan fingerprint density at radius 3 is 2.75 bits per heavy atom. The summed E-state index contributed by atoms with van der Waals surface area (Å²) in [5, 5.41) is 5.04. The van der Waals surface area contributed by atoms with Gasteiger partial charge in [0.25, 0.3) is 0 Å². The number of nitrogens with two attached hydrogens (primary N) is 1. The van der Waals surface area contributed by atoms with Crippen LogP contribution in [0.15, 0.2) is 16.5 Å². The number of esters is 1. The summed E-state index contributed by atoms with van der Waals surface area (Å²) in [7, 11) is 0. The highest BCUT2D eigenvalue weighted by Crippen LogP contribution is 2.22. The molecule has 16 heavy (non-hydrogen) atoms. The van der Waals surface area contributed by atoms with Crippen LogP contribution in [0, 0.1) is 0 Å². The molecule has 7 heteroatoms. The number of nitrogens with zero attached hydrogens (tertiary/aromatic N) is 1. The van der Waals surface area contributed by atoms with E-state index < -0.39 is 17.5 Å². The van der Waals surface area contributed by atoms with Crippen LogP contribution in [0.5, 0.6) is 0 Å². The predicted octanol–water partition coefficient (Wildman–Crippen LogP) is 1.46. The molecule has 0 aliphatic rings. The highest BCUT2D eigenvalue weighted by Gasteiger charge is 2.25. The molecule has 1 rings (SSSR count). The number of ether oxygens (including phenoxy) is 1. The van der Waals surface area contributed by atoms with E-state index in [9.17, 15) is 9.59 Å². The van der Waals surface area contributed by atoms with Crippen LogP contribution >= 0.6 is 22.9 Å². The van der Waals surface area contributed by atoms with Crippen molar-refractivity contribution in [3.8, 4) is 0 Å². The number of halogens is 1. The number of thiophene rings is 1. The molecule has 2 N–H and O–H groups in total.